The number of amides is 1. The van der Waals surface area contributed by atoms with Crippen molar-refractivity contribution >= 4 is 38.6 Å². The van der Waals surface area contributed by atoms with Crippen LogP contribution in [0.4, 0.5) is 5.69 Å². The maximum atomic E-state index is 13.7. The molecule has 0 fully saturated rings. The summed E-state index contributed by atoms with van der Waals surface area (Å²) in [6.07, 6.45) is 3.69. The maximum absolute atomic E-state index is 13.7. The Morgan fingerprint density at radius 1 is 0.919 bits per heavy atom. The SMILES string of the molecule is Cc1ccc(S(=O)(=O)N(CC(=O)NN=Cc2ccc3c4c(cccc24)CC3)c2cc(C)ccc2C)cc1. The van der Waals surface area contributed by atoms with Crippen molar-refractivity contribution in [3.63, 3.8) is 0 Å². The van der Waals surface area contributed by atoms with Gasteiger partial charge in [0.15, 0.2) is 0 Å². The molecule has 0 unspecified atom stereocenters. The minimum Gasteiger partial charge on any atom is -0.271 e. The van der Waals surface area contributed by atoms with E-state index in [1.54, 1.807) is 36.5 Å². The molecule has 1 N–H and O–H groups in total. The molecule has 0 saturated carbocycles. The highest BCUT2D eigenvalue weighted by Crippen LogP contribution is 2.32. The van der Waals surface area contributed by atoms with Gasteiger partial charge in [-0.05, 0) is 84.8 Å². The number of nitrogens with zero attached hydrogens (tertiary/aromatic N) is 2. The Kier molecular flexibility index (Phi) is 6.56. The number of rotatable bonds is 7. The third-order valence-electron chi connectivity index (χ3n) is 6.83. The highest BCUT2D eigenvalue weighted by atomic mass is 32.2. The summed E-state index contributed by atoms with van der Waals surface area (Å²) in [6, 6.07) is 22.5. The fraction of sp³-hybridized carbons (Fsp3) is 0.200. The van der Waals surface area contributed by atoms with Gasteiger partial charge in [0.25, 0.3) is 15.9 Å². The largest absolute Gasteiger partial charge is 0.271 e. The number of hydrogen-bond acceptors (Lipinski definition) is 4. The van der Waals surface area contributed by atoms with Crippen LogP contribution in [0.5, 0.6) is 0 Å². The van der Waals surface area contributed by atoms with Gasteiger partial charge in [0.05, 0.1) is 16.8 Å². The van der Waals surface area contributed by atoms with Crippen LogP contribution in [0.15, 0.2) is 82.8 Å². The highest BCUT2D eigenvalue weighted by molar-refractivity contribution is 7.92. The van der Waals surface area contributed by atoms with E-state index < -0.39 is 22.5 Å². The first kappa shape index (κ1) is 24.7. The molecule has 0 spiro atoms. The van der Waals surface area contributed by atoms with E-state index in [0.717, 1.165) is 44.8 Å². The first-order chi connectivity index (χ1) is 17.7. The summed E-state index contributed by atoms with van der Waals surface area (Å²) < 4.78 is 28.5. The van der Waals surface area contributed by atoms with Crippen LogP contribution in [-0.4, -0.2) is 27.1 Å². The van der Waals surface area contributed by atoms with Crippen LogP contribution >= 0.6 is 0 Å². The van der Waals surface area contributed by atoms with E-state index in [9.17, 15) is 13.2 Å². The number of hydrazone groups is 1. The number of carbonyl (C=O) groups excluding carboxylic acids is 1. The van der Waals surface area contributed by atoms with Gasteiger partial charge in [0.2, 0.25) is 0 Å². The van der Waals surface area contributed by atoms with Gasteiger partial charge in [0, 0.05) is 5.56 Å². The second-order valence-electron chi connectivity index (χ2n) is 9.56. The molecule has 188 valence electrons. The second-order valence-corrected chi connectivity index (χ2v) is 11.4. The van der Waals surface area contributed by atoms with Crippen LogP contribution in [0.25, 0.3) is 10.8 Å². The summed E-state index contributed by atoms with van der Waals surface area (Å²) in [6.45, 7) is 5.22. The Labute approximate surface area is 217 Å². The summed E-state index contributed by atoms with van der Waals surface area (Å²) in [7, 11) is -3.99. The van der Waals surface area contributed by atoms with Crippen molar-refractivity contribution in [3.05, 3.63) is 106 Å². The number of anilines is 1. The molecule has 4 aromatic carbocycles. The van der Waals surface area contributed by atoms with Crippen LogP contribution < -0.4 is 9.73 Å². The molecular formula is C30H29N3O3S. The summed E-state index contributed by atoms with van der Waals surface area (Å²) in [4.78, 5) is 13.1. The minimum absolute atomic E-state index is 0.128. The van der Waals surface area contributed by atoms with Gasteiger partial charge < -0.3 is 0 Å². The van der Waals surface area contributed by atoms with Crippen LogP contribution in [0.1, 0.15) is 33.4 Å². The maximum Gasteiger partial charge on any atom is 0.264 e. The Morgan fingerprint density at radius 2 is 1.62 bits per heavy atom. The van der Waals surface area contributed by atoms with E-state index in [2.05, 4.69) is 28.7 Å². The van der Waals surface area contributed by atoms with E-state index in [1.807, 2.05) is 45.0 Å². The minimum atomic E-state index is -3.99. The third kappa shape index (κ3) is 4.87. The molecule has 4 aromatic rings. The molecule has 1 aliphatic rings. The lowest BCUT2D eigenvalue weighted by atomic mass is 10.0. The molecule has 7 heteroatoms. The van der Waals surface area contributed by atoms with Crippen molar-refractivity contribution in [2.45, 2.75) is 38.5 Å². The molecule has 0 aromatic heterocycles. The monoisotopic (exact) mass is 511 g/mol. The molecule has 0 atom stereocenters. The van der Waals surface area contributed by atoms with Gasteiger partial charge in [-0.15, -0.1) is 0 Å². The van der Waals surface area contributed by atoms with Crippen LogP contribution in [0, 0.1) is 20.8 Å². The molecule has 0 aliphatic heterocycles. The fourth-order valence-corrected chi connectivity index (χ4v) is 6.32. The zero-order chi connectivity index (χ0) is 26.2. The van der Waals surface area contributed by atoms with Gasteiger partial charge in [-0.3, -0.25) is 9.10 Å². The topological polar surface area (TPSA) is 78.8 Å². The molecule has 0 heterocycles. The highest BCUT2D eigenvalue weighted by Gasteiger charge is 2.28. The Morgan fingerprint density at radius 3 is 2.38 bits per heavy atom. The van der Waals surface area contributed by atoms with Crippen LogP contribution in [0.3, 0.4) is 0 Å². The molecule has 0 bridgehead atoms. The Hall–Kier alpha value is -3.97. The van der Waals surface area contributed by atoms with E-state index in [1.165, 1.54) is 16.5 Å². The number of carbonyl (C=O) groups is 1. The van der Waals surface area contributed by atoms with Crippen molar-refractivity contribution in [3.8, 4) is 0 Å². The number of nitrogens with one attached hydrogen (secondary N) is 1. The lowest BCUT2D eigenvalue weighted by Gasteiger charge is -2.25. The average Bonchev–Trinajstić information content (AvgIpc) is 3.30. The van der Waals surface area contributed by atoms with Crippen LogP contribution in [0.2, 0.25) is 0 Å². The Balaban J connectivity index is 1.42. The smallest absolute Gasteiger partial charge is 0.264 e. The predicted molar refractivity (Wildman–Crippen MR) is 149 cm³/mol. The summed E-state index contributed by atoms with van der Waals surface area (Å²) in [5.41, 5.74) is 9.17. The predicted octanol–water partition coefficient (Wildman–Crippen LogP) is 5.21. The molecular weight excluding hydrogens is 482 g/mol. The van der Waals surface area contributed by atoms with Gasteiger partial charge in [-0.25, -0.2) is 13.8 Å². The van der Waals surface area contributed by atoms with Gasteiger partial charge >= 0.3 is 0 Å². The molecule has 0 saturated heterocycles. The van der Waals surface area contributed by atoms with E-state index in [-0.39, 0.29) is 4.90 Å². The zero-order valence-electron chi connectivity index (χ0n) is 21.2. The van der Waals surface area contributed by atoms with E-state index in [0.29, 0.717) is 5.69 Å². The number of benzene rings is 4. The molecule has 5 rings (SSSR count). The molecule has 0 radical (unpaired) electrons. The summed E-state index contributed by atoms with van der Waals surface area (Å²) in [5.74, 6) is -0.529. The van der Waals surface area contributed by atoms with Crippen molar-refractivity contribution in [2.24, 2.45) is 5.10 Å². The van der Waals surface area contributed by atoms with Crippen molar-refractivity contribution in [1.29, 1.82) is 0 Å². The van der Waals surface area contributed by atoms with Crippen molar-refractivity contribution in [1.82, 2.24) is 5.43 Å². The molecule has 37 heavy (non-hydrogen) atoms. The lowest BCUT2D eigenvalue weighted by molar-refractivity contribution is -0.119. The molecule has 6 nitrogen and oxygen atoms in total. The Bertz CT molecular complexity index is 1630. The fourth-order valence-electron chi connectivity index (χ4n) is 4.85. The number of hydrogen-bond donors (Lipinski definition) is 1. The summed E-state index contributed by atoms with van der Waals surface area (Å²) >= 11 is 0. The lowest BCUT2D eigenvalue weighted by Crippen LogP contribution is -2.40. The summed E-state index contributed by atoms with van der Waals surface area (Å²) in [5, 5.41) is 6.55. The number of aryl methyl sites for hydroxylation is 5. The van der Waals surface area contributed by atoms with E-state index >= 15 is 0 Å². The molecule has 1 aliphatic carbocycles. The van der Waals surface area contributed by atoms with Crippen molar-refractivity contribution in [2.75, 3.05) is 10.8 Å². The van der Waals surface area contributed by atoms with Gasteiger partial charge in [-0.2, -0.15) is 5.10 Å². The molecule has 1 amide bonds. The van der Waals surface area contributed by atoms with Crippen molar-refractivity contribution < 1.29 is 13.2 Å². The van der Waals surface area contributed by atoms with E-state index in [4.69, 9.17) is 0 Å². The second kappa shape index (κ2) is 9.82. The number of sulfonamides is 1. The zero-order valence-corrected chi connectivity index (χ0v) is 22.0. The average molecular weight is 512 g/mol. The first-order valence-electron chi connectivity index (χ1n) is 12.3. The normalized spacial score (nSPS) is 12.8. The standard InChI is InChI=1S/C30H29N3O3S/c1-20-8-15-26(16-9-20)37(35,36)33(28-17-21(2)7-10-22(28)3)19-29(34)32-31-18-25-14-13-24-12-11-23-5-4-6-27(25)30(23)24/h4-10,13-18H,11-12,19H2,1-3H3,(H,32,34). The third-order valence-corrected chi connectivity index (χ3v) is 8.61. The van der Waals surface area contributed by atoms with Crippen LogP contribution in [-0.2, 0) is 27.7 Å². The van der Waals surface area contributed by atoms with Gasteiger partial charge in [-0.1, -0.05) is 60.2 Å². The quantitative estimate of drug-likeness (QED) is 0.273. The first-order valence-corrected chi connectivity index (χ1v) is 13.7. The van der Waals surface area contributed by atoms with Gasteiger partial charge in [0.1, 0.15) is 6.54 Å².